The van der Waals surface area contributed by atoms with Gasteiger partial charge in [0.1, 0.15) is 11.6 Å². The fourth-order valence-corrected chi connectivity index (χ4v) is 2.98. The number of halogens is 1. The minimum atomic E-state index is -0.0777. The Balaban J connectivity index is 1.84. The van der Waals surface area contributed by atoms with Crippen LogP contribution in [0.5, 0.6) is 0 Å². The average Bonchev–Trinajstić information content (AvgIpc) is 2.62. The molecule has 0 amide bonds. The van der Waals surface area contributed by atoms with Crippen LogP contribution in [0.1, 0.15) is 74.9 Å². The monoisotopic (exact) mass is 342 g/mol. The van der Waals surface area contributed by atoms with Crippen molar-refractivity contribution in [3.63, 3.8) is 0 Å². The molecule has 2 rings (SSSR count). The fourth-order valence-electron chi connectivity index (χ4n) is 2.98. The third kappa shape index (κ3) is 6.93. The molecule has 2 nitrogen and oxygen atoms in total. The van der Waals surface area contributed by atoms with Crippen molar-refractivity contribution in [2.45, 2.75) is 78.1 Å². The highest BCUT2D eigenvalue weighted by atomic mass is 19.1. The van der Waals surface area contributed by atoms with Crippen molar-refractivity contribution in [2.24, 2.45) is 0 Å². The maximum absolute atomic E-state index is 14.3. The average molecular weight is 343 g/mol. The zero-order valence-electron chi connectivity index (χ0n) is 15.7. The van der Waals surface area contributed by atoms with Crippen LogP contribution >= 0.6 is 0 Å². The molecule has 0 N–H and O–H groups in total. The summed E-state index contributed by atoms with van der Waals surface area (Å²) in [5.41, 5.74) is 2.96. The van der Waals surface area contributed by atoms with Crippen LogP contribution in [0, 0.1) is 5.82 Å². The minimum absolute atomic E-state index is 0.0777. The first-order chi connectivity index (χ1) is 12.2. The van der Waals surface area contributed by atoms with Gasteiger partial charge in [-0.05, 0) is 54.9 Å². The van der Waals surface area contributed by atoms with Crippen LogP contribution in [0.15, 0.2) is 30.6 Å². The van der Waals surface area contributed by atoms with Gasteiger partial charge in [0.2, 0.25) is 0 Å². The molecule has 1 heterocycles. The molecule has 0 unspecified atom stereocenters. The van der Waals surface area contributed by atoms with Crippen LogP contribution in [0.4, 0.5) is 4.39 Å². The Kier molecular flexibility index (Phi) is 8.58. The third-order valence-corrected chi connectivity index (χ3v) is 4.63. The first-order valence-corrected chi connectivity index (χ1v) is 9.80. The number of hydrogen-bond acceptors (Lipinski definition) is 2. The molecule has 0 spiro atoms. The van der Waals surface area contributed by atoms with E-state index in [9.17, 15) is 4.39 Å². The van der Waals surface area contributed by atoms with Crippen LogP contribution in [0.2, 0.25) is 0 Å². The molecule has 0 saturated heterocycles. The molecule has 0 radical (unpaired) electrons. The predicted molar refractivity (Wildman–Crippen MR) is 102 cm³/mol. The number of unbranched alkanes of at least 4 members (excludes halogenated alkanes) is 4. The van der Waals surface area contributed by atoms with Gasteiger partial charge in [-0.15, -0.1) is 0 Å². The second-order valence-electron chi connectivity index (χ2n) is 6.85. The molecule has 0 atom stereocenters. The summed E-state index contributed by atoms with van der Waals surface area (Å²) >= 11 is 0. The van der Waals surface area contributed by atoms with Gasteiger partial charge in [0.05, 0.1) is 0 Å². The smallest absolute Gasteiger partial charge is 0.128 e. The topological polar surface area (TPSA) is 25.8 Å². The second-order valence-corrected chi connectivity index (χ2v) is 6.85. The number of benzene rings is 1. The van der Waals surface area contributed by atoms with Gasteiger partial charge in [-0.3, -0.25) is 0 Å². The van der Waals surface area contributed by atoms with Crippen LogP contribution in [0.25, 0.3) is 0 Å². The van der Waals surface area contributed by atoms with Crippen molar-refractivity contribution < 1.29 is 4.39 Å². The van der Waals surface area contributed by atoms with Gasteiger partial charge in [0, 0.05) is 18.8 Å². The zero-order valence-corrected chi connectivity index (χ0v) is 15.7. The summed E-state index contributed by atoms with van der Waals surface area (Å²) < 4.78 is 14.3. The molecule has 0 saturated carbocycles. The molecular weight excluding hydrogens is 311 g/mol. The van der Waals surface area contributed by atoms with Gasteiger partial charge >= 0.3 is 0 Å². The summed E-state index contributed by atoms with van der Waals surface area (Å²) in [4.78, 5) is 8.87. The first-order valence-electron chi connectivity index (χ1n) is 9.80. The van der Waals surface area contributed by atoms with E-state index >= 15 is 0 Å². The summed E-state index contributed by atoms with van der Waals surface area (Å²) in [6.45, 7) is 4.38. The molecule has 3 heteroatoms. The van der Waals surface area contributed by atoms with Gasteiger partial charge in [0.15, 0.2) is 0 Å². The van der Waals surface area contributed by atoms with Gasteiger partial charge < -0.3 is 0 Å². The molecule has 0 aliphatic heterocycles. The minimum Gasteiger partial charge on any atom is -0.241 e. The number of hydrogen-bond donors (Lipinski definition) is 0. The predicted octanol–water partition coefficient (Wildman–Crippen LogP) is 5.87. The molecule has 1 aromatic carbocycles. The molecule has 25 heavy (non-hydrogen) atoms. The van der Waals surface area contributed by atoms with E-state index in [-0.39, 0.29) is 5.82 Å². The van der Waals surface area contributed by atoms with Gasteiger partial charge in [-0.2, -0.15) is 0 Å². The SMILES string of the molecule is CCCCCc1ccc(CCc2cnc(CCCCC)nc2)c(F)c1. The van der Waals surface area contributed by atoms with E-state index < -0.39 is 0 Å². The second kappa shape index (κ2) is 11.0. The van der Waals surface area contributed by atoms with E-state index in [2.05, 4.69) is 29.9 Å². The fraction of sp³-hybridized carbons (Fsp3) is 0.545. The van der Waals surface area contributed by atoms with Crippen LogP contribution in [-0.4, -0.2) is 9.97 Å². The van der Waals surface area contributed by atoms with E-state index in [4.69, 9.17) is 0 Å². The molecular formula is C22H31FN2. The van der Waals surface area contributed by atoms with E-state index in [0.29, 0.717) is 6.42 Å². The summed E-state index contributed by atoms with van der Waals surface area (Å²) in [6.07, 6.45) is 14.3. The molecule has 0 aliphatic rings. The molecule has 136 valence electrons. The molecule has 0 aliphatic carbocycles. The van der Waals surface area contributed by atoms with Crippen molar-refractivity contribution in [1.82, 2.24) is 9.97 Å². The highest BCUT2D eigenvalue weighted by Gasteiger charge is 2.05. The standard InChI is InChI=1S/C22H31FN2/c1-3-5-7-9-18-11-13-20(21(23)15-18)14-12-19-16-24-22(25-17-19)10-8-6-4-2/h11,13,15-17H,3-10,12,14H2,1-2H3. The summed E-state index contributed by atoms with van der Waals surface area (Å²) in [5, 5.41) is 0. The lowest BCUT2D eigenvalue weighted by Gasteiger charge is -2.07. The van der Waals surface area contributed by atoms with Gasteiger partial charge in [-0.1, -0.05) is 51.7 Å². The maximum atomic E-state index is 14.3. The van der Waals surface area contributed by atoms with Crippen molar-refractivity contribution in [2.75, 3.05) is 0 Å². The maximum Gasteiger partial charge on any atom is 0.128 e. The van der Waals surface area contributed by atoms with Gasteiger partial charge in [-0.25, -0.2) is 14.4 Å². The lowest BCUT2D eigenvalue weighted by molar-refractivity contribution is 0.604. The Hall–Kier alpha value is -1.77. The quantitative estimate of drug-likeness (QED) is 0.478. The van der Waals surface area contributed by atoms with Crippen molar-refractivity contribution >= 4 is 0 Å². The van der Waals surface area contributed by atoms with Gasteiger partial charge in [0.25, 0.3) is 0 Å². The van der Waals surface area contributed by atoms with Crippen molar-refractivity contribution in [1.29, 1.82) is 0 Å². The van der Waals surface area contributed by atoms with Crippen LogP contribution in [0.3, 0.4) is 0 Å². The van der Waals surface area contributed by atoms with Crippen LogP contribution in [-0.2, 0) is 25.7 Å². The zero-order chi connectivity index (χ0) is 17.9. The Morgan fingerprint density at radius 2 is 1.44 bits per heavy atom. The molecule has 0 fully saturated rings. The summed E-state index contributed by atoms with van der Waals surface area (Å²) in [6, 6.07) is 5.72. The number of aryl methyl sites for hydroxylation is 4. The summed E-state index contributed by atoms with van der Waals surface area (Å²) in [7, 11) is 0. The Labute approximate surface area is 151 Å². The van der Waals surface area contributed by atoms with Crippen LogP contribution < -0.4 is 0 Å². The molecule has 1 aromatic heterocycles. The van der Waals surface area contributed by atoms with Crippen molar-refractivity contribution in [3.05, 3.63) is 58.9 Å². The summed E-state index contributed by atoms with van der Waals surface area (Å²) in [5.74, 6) is 0.839. The normalized spacial score (nSPS) is 11.0. The van der Waals surface area contributed by atoms with E-state index in [1.54, 1.807) is 6.07 Å². The molecule has 0 bridgehead atoms. The van der Waals surface area contributed by atoms with E-state index in [1.165, 1.54) is 25.7 Å². The Morgan fingerprint density at radius 1 is 0.760 bits per heavy atom. The van der Waals surface area contributed by atoms with E-state index in [0.717, 1.165) is 54.6 Å². The highest BCUT2D eigenvalue weighted by molar-refractivity contribution is 5.25. The lowest BCUT2D eigenvalue weighted by atomic mass is 10.0. The Bertz CT molecular complexity index is 622. The first kappa shape index (κ1) is 19.6. The molecule has 2 aromatic rings. The largest absolute Gasteiger partial charge is 0.241 e. The third-order valence-electron chi connectivity index (χ3n) is 4.63. The number of nitrogens with zero attached hydrogens (tertiary/aromatic N) is 2. The van der Waals surface area contributed by atoms with E-state index in [1.807, 2.05) is 18.5 Å². The lowest BCUT2D eigenvalue weighted by Crippen LogP contribution is -2.00. The van der Waals surface area contributed by atoms with Crippen molar-refractivity contribution in [3.8, 4) is 0 Å². The highest BCUT2D eigenvalue weighted by Crippen LogP contribution is 2.15. The number of aromatic nitrogens is 2. The number of rotatable bonds is 11. The Morgan fingerprint density at radius 3 is 2.08 bits per heavy atom.